The van der Waals surface area contributed by atoms with Gasteiger partial charge >= 0.3 is 0 Å². The summed E-state index contributed by atoms with van der Waals surface area (Å²) in [7, 11) is 0. The maximum absolute atomic E-state index is 14.0. The molecule has 0 aliphatic rings. The standard InChI is InChI=1S/C42H62N10O12/c1-23(2)14-28(37(44)59)47-36(58)20-46-38(60)30(16-25-8-6-5-7-9-25)50-42(64)33(22-54)52-40(62)31(17-26-10-12-27(55)13-11-26)51-39(61)29(15-24(3)4)49-41(63)32(21-53)48-35(57)19-45-34(56)18-43/h5-13,23-24,28-33,53-55H,14-22,43H2,1-4H3,(H2,44,59)(H,45,56)(H,46,60)(H,47,58)(H,48,57)(H,49,63)(H,50,64)(H,51,61)(H,52,62)/t28-,29+,30+,31+,32+,33-/m0/s1. The molecule has 2 aromatic rings. The van der Waals surface area contributed by atoms with Crippen LogP contribution in [0.1, 0.15) is 51.7 Å². The van der Waals surface area contributed by atoms with Crippen LogP contribution >= 0.6 is 0 Å². The number of primary amides is 1. The van der Waals surface area contributed by atoms with E-state index in [0.29, 0.717) is 11.1 Å². The van der Waals surface area contributed by atoms with Gasteiger partial charge in [-0.1, -0.05) is 70.2 Å². The number of phenolic OH excluding ortho intramolecular Hbond substituents is 1. The molecule has 64 heavy (non-hydrogen) atoms. The van der Waals surface area contributed by atoms with Gasteiger partial charge in [-0.3, -0.25) is 43.2 Å². The number of carbonyl (C=O) groups is 9. The number of hydrogen-bond donors (Lipinski definition) is 13. The zero-order valence-electron chi connectivity index (χ0n) is 36.3. The Morgan fingerprint density at radius 1 is 0.500 bits per heavy atom. The molecule has 6 atom stereocenters. The largest absolute Gasteiger partial charge is 0.508 e. The van der Waals surface area contributed by atoms with Gasteiger partial charge in [-0.2, -0.15) is 0 Å². The Bertz CT molecular complexity index is 1900. The first kappa shape index (κ1) is 53.5. The van der Waals surface area contributed by atoms with E-state index in [4.69, 9.17) is 11.5 Å². The van der Waals surface area contributed by atoms with Crippen LogP contribution in [-0.4, -0.2) is 138 Å². The van der Waals surface area contributed by atoms with Crippen LogP contribution in [0.15, 0.2) is 54.6 Å². The molecule has 0 aliphatic carbocycles. The lowest BCUT2D eigenvalue weighted by atomic mass is 10.0. The van der Waals surface area contributed by atoms with Gasteiger partial charge in [0.15, 0.2) is 0 Å². The van der Waals surface area contributed by atoms with Gasteiger partial charge in [0, 0.05) is 12.8 Å². The van der Waals surface area contributed by atoms with Crippen LogP contribution in [0, 0.1) is 11.8 Å². The van der Waals surface area contributed by atoms with Crippen LogP contribution < -0.4 is 54.0 Å². The van der Waals surface area contributed by atoms with Crippen molar-refractivity contribution >= 4 is 53.2 Å². The van der Waals surface area contributed by atoms with Crippen molar-refractivity contribution in [3.8, 4) is 5.75 Å². The molecule has 0 fully saturated rings. The van der Waals surface area contributed by atoms with Crippen LogP contribution in [0.5, 0.6) is 5.75 Å². The van der Waals surface area contributed by atoms with Gasteiger partial charge in [0.2, 0.25) is 53.2 Å². The molecule has 0 spiro atoms. The lowest BCUT2D eigenvalue weighted by Gasteiger charge is -2.27. The Hall–Kier alpha value is -6.65. The lowest BCUT2D eigenvalue weighted by Crippen LogP contribution is -2.61. The van der Waals surface area contributed by atoms with Gasteiger partial charge in [0.25, 0.3) is 0 Å². The number of phenols is 1. The van der Waals surface area contributed by atoms with Crippen LogP contribution in [0.3, 0.4) is 0 Å². The van der Waals surface area contributed by atoms with E-state index in [-0.39, 0.29) is 49.8 Å². The number of aliphatic hydroxyl groups is 2. The maximum Gasteiger partial charge on any atom is 0.245 e. The SMILES string of the molecule is CC(C)C[C@H](NC(=O)CNC(=O)[C@@H](Cc1ccccc1)NC(=O)[C@H](CO)NC(=O)[C@@H](Cc1ccc(O)cc1)NC(=O)[C@@H](CC(C)C)NC(=O)[C@@H](CO)NC(=O)CNC(=O)CN)C(N)=O. The van der Waals surface area contributed by atoms with Gasteiger partial charge in [-0.15, -0.1) is 0 Å². The highest BCUT2D eigenvalue weighted by Crippen LogP contribution is 2.13. The van der Waals surface area contributed by atoms with Crippen molar-refractivity contribution in [1.82, 2.24) is 42.5 Å². The number of carbonyl (C=O) groups excluding carboxylic acids is 9. The van der Waals surface area contributed by atoms with Gasteiger partial charge in [-0.25, -0.2) is 0 Å². The van der Waals surface area contributed by atoms with Crippen LogP contribution in [0.2, 0.25) is 0 Å². The molecule has 2 aromatic carbocycles. The second kappa shape index (κ2) is 27.4. The molecule has 15 N–H and O–H groups in total. The summed E-state index contributed by atoms with van der Waals surface area (Å²) in [6, 6.07) is 5.75. The average Bonchev–Trinajstić information content (AvgIpc) is 3.25. The summed E-state index contributed by atoms with van der Waals surface area (Å²) >= 11 is 0. The Labute approximate surface area is 370 Å². The molecule has 22 heteroatoms. The third-order valence-electron chi connectivity index (χ3n) is 9.36. The monoisotopic (exact) mass is 898 g/mol. The minimum atomic E-state index is -1.69. The Balaban J connectivity index is 2.32. The number of rotatable bonds is 27. The highest BCUT2D eigenvalue weighted by molar-refractivity contribution is 5.97. The number of aromatic hydroxyl groups is 1. The summed E-state index contributed by atoms with van der Waals surface area (Å²) in [4.78, 5) is 117. The summed E-state index contributed by atoms with van der Waals surface area (Å²) in [6.07, 6.45) is -0.0331. The highest BCUT2D eigenvalue weighted by atomic mass is 16.3. The fraction of sp³-hybridized carbons (Fsp3) is 0.500. The predicted octanol–water partition coefficient (Wildman–Crippen LogP) is -4.16. The third kappa shape index (κ3) is 19.6. The summed E-state index contributed by atoms with van der Waals surface area (Å²) in [5, 5.41) is 49.3. The van der Waals surface area contributed by atoms with Crippen molar-refractivity contribution in [2.45, 2.75) is 89.6 Å². The van der Waals surface area contributed by atoms with E-state index in [1.807, 2.05) is 13.8 Å². The van der Waals surface area contributed by atoms with E-state index in [2.05, 4.69) is 42.5 Å². The summed E-state index contributed by atoms with van der Waals surface area (Å²) < 4.78 is 0. The van der Waals surface area contributed by atoms with E-state index in [9.17, 15) is 58.5 Å². The molecule has 0 aliphatic heterocycles. The zero-order chi connectivity index (χ0) is 47.9. The first-order valence-corrected chi connectivity index (χ1v) is 20.6. The number of hydrogen-bond acceptors (Lipinski definition) is 13. The smallest absolute Gasteiger partial charge is 0.245 e. The summed E-state index contributed by atoms with van der Waals surface area (Å²) in [5.41, 5.74) is 11.7. The maximum atomic E-state index is 14.0. The van der Waals surface area contributed by atoms with Gasteiger partial charge in [0.05, 0.1) is 32.8 Å². The molecule has 0 saturated heterocycles. The van der Waals surface area contributed by atoms with Gasteiger partial charge in [-0.05, 0) is 47.9 Å². The van der Waals surface area contributed by atoms with Crippen LogP contribution in [0.25, 0.3) is 0 Å². The summed E-state index contributed by atoms with van der Waals surface area (Å²) in [6.45, 7) is 3.79. The highest BCUT2D eigenvalue weighted by Gasteiger charge is 2.33. The van der Waals surface area contributed by atoms with Crippen molar-refractivity contribution in [3.05, 3.63) is 65.7 Å². The van der Waals surface area contributed by atoms with Gasteiger partial charge < -0.3 is 69.3 Å². The molecular weight excluding hydrogens is 837 g/mol. The fourth-order valence-electron chi connectivity index (χ4n) is 6.07. The zero-order valence-corrected chi connectivity index (χ0v) is 36.3. The van der Waals surface area contributed by atoms with Crippen molar-refractivity contribution in [1.29, 1.82) is 0 Å². The number of nitrogens with one attached hydrogen (secondary N) is 8. The van der Waals surface area contributed by atoms with Crippen LogP contribution in [-0.2, 0) is 56.0 Å². The average molecular weight is 899 g/mol. The first-order valence-electron chi connectivity index (χ1n) is 20.6. The van der Waals surface area contributed by atoms with Crippen molar-refractivity contribution in [2.75, 3.05) is 32.8 Å². The molecule has 0 unspecified atom stereocenters. The van der Waals surface area contributed by atoms with E-state index in [1.165, 1.54) is 24.3 Å². The molecule has 352 valence electrons. The number of amides is 9. The molecular formula is C42H62N10O12. The number of benzene rings is 2. The second-order valence-corrected chi connectivity index (χ2v) is 15.8. The minimum Gasteiger partial charge on any atom is -0.508 e. The number of nitrogens with two attached hydrogens (primary N) is 2. The quantitative estimate of drug-likeness (QED) is 0.0406. The molecule has 0 saturated carbocycles. The Kier molecular flexibility index (Phi) is 22.9. The first-order chi connectivity index (χ1) is 30.3. The molecule has 22 nitrogen and oxygen atoms in total. The number of aliphatic hydroxyl groups excluding tert-OH is 2. The Morgan fingerprint density at radius 2 is 0.906 bits per heavy atom. The van der Waals surface area contributed by atoms with E-state index < -0.39 is 116 Å². The van der Waals surface area contributed by atoms with E-state index in [1.54, 1.807) is 44.2 Å². The van der Waals surface area contributed by atoms with Crippen molar-refractivity contribution < 1.29 is 58.5 Å². The summed E-state index contributed by atoms with van der Waals surface area (Å²) in [5.74, 6) is -7.88. The van der Waals surface area contributed by atoms with Gasteiger partial charge in [0.1, 0.15) is 42.0 Å². The van der Waals surface area contributed by atoms with E-state index in [0.717, 1.165) is 0 Å². The fourth-order valence-corrected chi connectivity index (χ4v) is 6.07. The molecule has 9 amide bonds. The van der Waals surface area contributed by atoms with Crippen LogP contribution in [0.4, 0.5) is 0 Å². The predicted molar refractivity (Wildman–Crippen MR) is 231 cm³/mol. The third-order valence-corrected chi connectivity index (χ3v) is 9.36. The molecule has 0 radical (unpaired) electrons. The van der Waals surface area contributed by atoms with Crippen molar-refractivity contribution in [3.63, 3.8) is 0 Å². The minimum absolute atomic E-state index is 0.0155. The molecule has 0 bridgehead atoms. The topological polar surface area (TPSA) is 363 Å². The van der Waals surface area contributed by atoms with Crippen molar-refractivity contribution in [2.24, 2.45) is 23.3 Å². The lowest BCUT2D eigenvalue weighted by molar-refractivity contribution is -0.136. The second-order valence-electron chi connectivity index (χ2n) is 15.8. The molecule has 2 rings (SSSR count). The normalized spacial score (nSPS) is 13.8. The molecule has 0 heterocycles. The van der Waals surface area contributed by atoms with E-state index >= 15 is 0 Å². The molecule has 0 aromatic heterocycles. The Morgan fingerprint density at radius 3 is 1.41 bits per heavy atom.